The highest BCUT2D eigenvalue weighted by atomic mass is 14.4. The van der Waals surface area contributed by atoms with Gasteiger partial charge in [0.15, 0.2) is 0 Å². The molecule has 6 aromatic carbocycles. The van der Waals surface area contributed by atoms with Crippen molar-refractivity contribution >= 4 is 17.7 Å². The standard InChI is InChI=1S/C50H46/c1-32-28-41-38(33-18-11-8-12-19-33)24-17-25-40(41)45(32)47-43-30-36-29-37(49(2,3)4)26-27-39(36)42(43)31-44(48(47)50(5,6)7)46(34-20-13-9-14-21-34)35-22-15-10-16-23-35/h8-31,45H,1-7H3. The van der Waals surface area contributed by atoms with Crippen molar-refractivity contribution in [3.8, 4) is 22.3 Å². The third-order valence-corrected chi connectivity index (χ3v) is 10.7. The molecule has 0 N–H and O–H groups in total. The van der Waals surface area contributed by atoms with Crippen LogP contribution in [0.5, 0.6) is 0 Å². The van der Waals surface area contributed by atoms with Crippen molar-refractivity contribution in [1.29, 1.82) is 0 Å². The van der Waals surface area contributed by atoms with Crippen LogP contribution in [0.3, 0.4) is 0 Å². The van der Waals surface area contributed by atoms with Crippen LogP contribution in [-0.4, -0.2) is 0 Å². The molecule has 0 bridgehead atoms. The van der Waals surface area contributed by atoms with Gasteiger partial charge in [0, 0.05) is 5.92 Å². The maximum atomic E-state index is 2.53. The van der Waals surface area contributed by atoms with E-state index in [4.69, 9.17) is 0 Å². The maximum absolute atomic E-state index is 2.53. The van der Waals surface area contributed by atoms with Crippen LogP contribution in [0, 0.1) is 0 Å². The molecular formula is C50H46. The Morgan fingerprint density at radius 3 is 1.76 bits per heavy atom. The van der Waals surface area contributed by atoms with E-state index < -0.39 is 0 Å². The van der Waals surface area contributed by atoms with Crippen molar-refractivity contribution in [2.24, 2.45) is 0 Å². The summed E-state index contributed by atoms with van der Waals surface area (Å²) in [6.07, 6.45) is 4.97. The number of allylic oxidation sites excluding steroid dienone is 1. The molecule has 0 heteroatoms. The number of hydrogen-bond acceptors (Lipinski definition) is 0. The van der Waals surface area contributed by atoms with Crippen molar-refractivity contribution in [2.75, 3.05) is 0 Å². The molecule has 50 heavy (non-hydrogen) atoms. The van der Waals surface area contributed by atoms with Gasteiger partial charge in [-0.2, -0.15) is 0 Å². The fraction of sp³-hybridized carbons (Fsp3) is 0.200. The van der Waals surface area contributed by atoms with Gasteiger partial charge in [-0.25, -0.2) is 0 Å². The normalized spacial score (nSPS) is 14.8. The first-order chi connectivity index (χ1) is 24.0. The zero-order valence-electron chi connectivity index (χ0n) is 30.4. The first kappa shape index (κ1) is 32.0. The van der Waals surface area contributed by atoms with Gasteiger partial charge in [0.25, 0.3) is 0 Å². The molecular weight excluding hydrogens is 601 g/mol. The second kappa shape index (κ2) is 12.0. The minimum Gasteiger partial charge on any atom is -0.0622 e. The van der Waals surface area contributed by atoms with Gasteiger partial charge < -0.3 is 0 Å². The van der Waals surface area contributed by atoms with Crippen molar-refractivity contribution < 1.29 is 0 Å². The Hall–Kier alpha value is -5.20. The van der Waals surface area contributed by atoms with E-state index in [9.17, 15) is 0 Å². The summed E-state index contributed by atoms with van der Waals surface area (Å²) in [7, 11) is 0. The molecule has 0 saturated carbocycles. The van der Waals surface area contributed by atoms with Gasteiger partial charge in [0.2, 0.25) is 0 Å². The summed E-state index contributed by atoms with van der Waals surface area (Å²) in [5.74, 6) is 0.136. The molecule has 0 amide bonds. The average molecular weight is 647 g/mol. The van der Waals surface area contributed by atoms with E-state index in [0.717, 1.165) is 0 Å². The number of benzene rings is 6. The lowest BCUT2D eigenvalue weighted by Crippen LogP contribution is -2.34. The van der Waals surface area contributed by atoms with Gasteiger partial charge in [0.1, 0.15) is 0 Å². The van der Waals surface area contributed by atoms with Crippen LogP contribution in [0.4, 0.5) is 0 Å². The van der Waals surface area contributed by atoms with Gasteiger partial charge in [-0.15, -0.1) is 0 Å². The third-order valence-electron chi connectivity index (χ3n) is 10.7. The molecule has 6 aromatic rings. The highest BCUT2D eigenvalue weighted by Crippen LogP contribution is 2.47. The van der Waals surface area contributed by atoms with Crippen LogP contribution in [0.15, 0.2) is 139 Å². The van der Waals surface area contributed by atoms with Gasteiger partial charge in [-0.1, -0.05) is 181 Å². The van der Waals surface area contributed by atoms with Crippen molar-refractivity contribution in [2.45, 2.75) is 65.2 Å². The second-order valence-electron chi connectivity index (χ2n) is 16.2. The minimum absolute atomic E-state index is 0.0708. The lowest BCUT2D eigenvalue weighted by atomic mass is 9.73. The summed E-state index contributed by atoms with van der Waals surface area (Å²) < 4.78 is 0. The molecule has 0 aliphatic heterocycles. The van der Waals surface area contributed by atoms with E-state index in [1.54, 1.807) is 0 Å². The molecule has 0 heterocycles. The largest absolute Gasteiger partial charge is 0.0622 e. The summed E-state index contributed by atoms with van der Waals surface area (Å²) in [5.41, 5.74) is 18.6. The smallest absolute Gasteiger partial charge is 0.0315 e. The molecule has 2 aliphatic carbocycles. The average Bonchev–Trinajstić information content (AvgIpc) is 3.64. The van der Waals surface area contributed by atoms with Crippen molar-refractivity contribution in [1.82, 2.24) is 0 Å². The monoisotopic (exact) mass is 646 g/mol. The zero-order chi connectivity index (χ0) is 34.8. The van der Waals surface area contributed by atoms with Crippen molar-refractivity contribution in [3.63, 3.8) is 0 Å². The number of fused-ring (bicyclic) bond motifs is 4. The lowest BCUT2D eigenvalue weighted by molar-refractivity contribution is 0.575. The molecule has 0 aromatic heterocycles. The Bertz CT molecular complexity index is 2370. The van der Waals surface area contributed by atoms with E-state index in [1.165, 1.54) is 88.3 Å². The molecule has 246 valence electrons. The van der Waals surface area contributed by atoms with Gasteiger partial charge >= 0.3 is 0 Å². The number of hydrogen-bond donors (Lipinski definition) is 0. The van der Waals surface area contributed by atoms with Crippen LogP contribution in [-0.2, 0) is 10.8 Å². The van der Waals surface area contributed by atoms with Gasteiger partial charge in [-0.05, 0) is 113 Å². The Morgan fingerprint density at radius 2 is 1.16 bits per heavy atom. The van der Waals surface area contributed by atoms with Crippen LogP contribution >= 0.6 is 0 Å². The molecule has 1 unspecified atom stereocenters. The highest BCUT2D eigenvalue weighted by molar-refractivity contribution is 5.89. The fourth-order valence-electron chi connectivity index (χ4n) is 8.44. The SMILES string of the molecule is CC1=Cc2c(-c3ccccc3)cccc2C1c1c(C(C)(C)C)c(=C(c2ccccc2)c2ccccc2)cc2c1=Cc1cc(C(C)(C)C)ccc1-2. The zero-order valence-corrected chi connectivity index (χ0v) is 30.4. The predicted molar refractivity (Wildman–Crippen MR) is 214 cm³/mol. The maximum Gasteiger partial charge on any atom is 0.0315 e. The molecule has 0 saturated heterocycles. The van der Waals surface area contributed by atoms with Gasteiger partial charge in [-0.3, -0.25) is 0 Å². The third kappa shape index (κ3) is 5.39. The first-order valence-electron chi connectivity index (χ1n) is 18.1. The topological polar surface area (TPSA) is 0 Å². The highest BCUT2D eigenvalue weighted by Gasteiger charge is 2.35. The Balaban J connectivity index is 1.55. The van der Waals surface area contributed by atoms with Gasteiger partial charge in [0.05, 0.1) is 0 Å². The fourth-order valence-corrected chi connectivity index (χ4v) is 8.44. The van der Waals surface area contributed by atoms with Crippen molar-refractivity contribution in [3.05, 3.63) is 194 Å². The molecule has 0 nitrogen and oxygen atoms in total. The lowest BCUT2D eigenvalue weighted by Gasteiger charge is -2.30. The Labute approximate surface area is 298 Å². The van der Waals surface area contributed by atoms with Crippen LogP contribution in [0.1, 0.15) is 98.9 Å². The quantitative estimate of drug-likeness (QED) is 0.178. The second-order valence-corrected chi connectivity index (χ2v) is 16.2. The first-order valence-corrected chi connectivity index (χ1v) is 18.1. The molecule has 1 atom stereocenters. The van der Waals surface area contributed by atoms with E-state index in [1.807, 2.05) is 0 Å². The Kier molecular flexibility index (Phi) is 7.68. The van der Waals surface area contributed by atoms with Crippen LogP contribution in [0.25, 0.3) is 40.0 Å². The summed E-state index contributed by atoms with van der Waals surface area (Å²) in [6, 6.07) is 49.5. The summed E-state index contributed by atoms with van der Waals surface area (Å²) in [5, 5.41) is 2.70. The number of rotatable bonds is 4. The van der Waals surface area contributed by atoms with Crippen LogP contribution < -0.4 is 10.4 Å². The molecule has 2 aliphatic rings. The summed E-state index contributed by atoms with van der Waals surface area (Å²) in [6.45, 7) is 16.5. The molecule has 0 spiro atoms. The summed E-state index contributed by atoms with van der Waals surface area (Å²) in [4.78, 5) is 0. The summed E-state index contributed by atoms with van der Waals surface area (Å²) >= 11 is 0. The molecule has 8 rings (SSSR count). The molecule has 0 radical (unpaired) electrons. The van der Waals surface area contributed by atoms with E-state index in [-0.39, 0.29) is 16.7 Å². The Morgan fingerprint density at radius 1 is 0.540 bits per heavy atom. The molecule has 0 fully saturated rings. The van der Waals surface area contributed by atoms with E-state index >= 15 is 0 Å². The van der Waals surface area contributed by atoms with Crippen LogP contribution in [0.2, 0.25) is 0 Å². The minimum atomic E-state index is -0.145. The van der Waals surface area contributed by atoms with E-state index in [0.29, 0.717) is 0 Å². The predicted octanol–water partition coefficient (Wildman–Crippen LogP) is 11.6. The van der Waals surface area contributed by atoms with E-state index in [2.05, 4.69) is 194 Å².